The lowest BCUT2D eigenvalue weighted by molar-refractivity contribution is -0.903. The number of carbonyl (C=O) groups is 2. The van der Waals surface area contributed by atoms with Crippen molar-refractivity contribution >= 4 is 17.4 Å². The molecule has 2 aromatic carbocycles. The number of benzene rings is 2. The topological polar surface area (TPSA) is 69.1 Å². The third kappa shape index (κ3) is 4.21. The van der Waals surface area contributed by atoms with Crippen LogP contribution < -0.4 is 19.7 Å². The fraction of sp³-hybridized carbons (Fsp3) is 0.300. The summed E-state index contributed by atoms with van der Waals surface area (Å²) in [6.07, 6.45) is 0. The number of rotatable bonds is 7. The van der Waals surface area contributed by atoms with E-state index in [1.165, 1.54) is 12.5 Å². The predicted octanol–water partition coefficient (Wildman–Crippen LogP) is 1.66. The standard InChI is InChI=1S/C20H22N2O4/c1-3-22(11-15-7-5-4-6-8-15)12-20(24)21-17-10-19-18(25-13-26-19)9-16(17)14(2)23/h4-10H,3,11-13H2,1-2H3,(H,21,24)/p+1. The van der Waals surface area contributed by atoms with Gasteiger partial charge in [0.15, 0.2) is 23.8 Å². The Hall–Kier alpha value is -2.86. The minimum atomic E-state index is -0.140. The SMILES string of the molecule is CC[NH+](CC(=O)Nc1cc2c(cc1C(C)=O)OCO2)Cc1ccccc1. The molecular formula is C20H23N2O4+. The van der Waals surface area contributed by atoms with E-state index >= 15 is 0 Å². The largest absolute Gasteiger partial charge is 0.454 e. The first-order valence-corrected chi connectivity index (χ1v) is 8.68. The lowest BCUT2D eigenvalue weighted by Gasteiger charge is -2.18. The number of anilines is 1. The van der Waals surface area contributed by atoms with Gasteiger partial charge in [-0.25, -0.2) is 0 Å². The number of hydrogen-bond acceptors (Lipinski definition) is 4. The lowest BCUT2D eigenvalue weighted by atomic mass is 10.1. The van der Waals surface area contributed by atoms with Crippen molar-refractivity contribution in [1.29, 1.82) is 0 Å². The number of quaternary nitrogens is 1. The van der Waals surface area contributed by atoms with Gasteiger partial charge in [-0.15, -0.1) is 0 Å². The number of hydrogen-bond donors (Lipinski definition) is 2. The van der Waals surface area contributed by atoms with Gasteiger partial charge in [-0.05, 0) is 19.9 Å². The first kappa shape index (κ1) is 17.9. The highest BCUT2D eigenvalue weighted by Crippen LogP contribution is 2.37. The number of nitrogens with one attached hydrogen (secondary N) is 2. The predicted molar refractivity (Wildman–Crippen MR) is 97.7 cm³/mol. The molecule has 6 nitrogen and oxygen atoms in total. The monoisotopic (exact) mass is 355 g/mol. The van der Waals surface area contributed by atoms with Crippen molar-refractivity contribution in [2.24, 2.45) is 0 Å². The van der Waals surface area contributed by atoms with Crippen LogP contribution in [0.2, 0.25) is 0 Å². The number of Topliss-reactive ketones (excluding diaryl/α,β-unsaturated/α-hetero) is 1. The Morgan fingerprint density at radius 3 is 2.46 bits per heavy atom. The highest BCUT2D eigenvalue weighted by atomic mass is 16.7. The molecule has 1 aliphatic rings. The fourth-order valence-corrected chi connectivity index (χ4v) is 2.96. The van der Waals surface area contributed by atoms with Gasteiger partial charge in [-0.3, -0.25) is 9.59 Å². The van der Waals surface area contributed by atoms with Crippen LogP contribution in [0.25, 0.3) is 0 Å². The van der Waals surface area contributed by atoms with Gasteiger partial charge in [0.25, 0.3) is 5.91 Å². The summed E-state index contributed by atoms with van der Waals surface area (Å²) in [7, 11) is 0. The van der Waals surface area contributed by atoms with Crippen molar-refractivity contribution in [2.75, 3.05) is 25.2 Å². The van der Waals surface area contributed by atoms with E-state index in [1.807, 2.05) is 25.1 Å². The van der Waals surface area contributed by atoms with E-state index in [2.05, 4.69) is 17.4 Å². The van der Waals surface area contributed by atoms with Gasteiger partial charge in [-0.1, -0.05) is 30.3 Å². The average Bonchev–Trinajstić information content (AvgIpc) is 3.08. The van der Waals surface area contributed by atoms with Crippen LogP contribution in [0.15, 0.2) is 42.5 Å². The highest BCUT2D eigenvalue weighted by Gasteiger charge is 2.21. The summed E-state index contributed by atoms with van der Waals surface area (Å²) in [6.45, 7) is 5.54. The molecule has 6 heteroatoms. The molecule has 26 heavy (non-hydrogen) atoms. The molecular weight excluding hydrogens is 332 g/mol. The van der Waals surface area contributed by atoms with Crippen molar-refractivity contribution in [1.82, 2.24) is 0 Å². The number of ketones is 1. The second-order valence-corrected chi connectivity index (χ2v) is 6.30. The van der Waals surface area contributed by atoms with Crippen LogP contribution in [0.4, 0.5) is 5.69 Å². The van der Waals surface area contributed by atoms with Crippen molar-refractivity contribution in [3.05, 3.63) is 53.6 Å². The zero-order valence-electron chi connectivity index (χ0n) is 15.0. The van der Waals surface area contributed by atoms with Crippen LogP contribution in [0, 0.1) is 0 Å². The Kier molecular flexibility index (Phi) is 5.53. The van der Waals surface area contributed by atoms with Gasteiger partial charge in [-0.2, -0.15) is 0 Å². The molecule has 2 aromatic rings. The number of carbonyl (C=O) groups excluding carboxylic acids is 2. The van der Waals surface area contributed by atoms with E-state index in [9.17, 15) is 9.59 Å². The van der Waals surface area contributed by atoms with E-state index in [-0.39, 0.29) is 18.5 Å². The van der Waals surface area contributed by atoms with E-state index in [1.54, 1.807) is 12.1 Å². The number of amides is 1. The molecule has 0 aromatic heterocycles. The van der Waals surface area contributed by atoms with Crippen molar-refractivity contribution in [2.45, 2.75) is 20.4 Å². The third-order valence-electron chi connectivity index (χ3n) is 4.37. The molecule has 2 N–H and O–H groups in total. The van der Waals surface area contributed by atoms with Crippen molar-refractivity contribution in [3.63, 3.8) is 0 Å². The Morgan fingerprint density at radius 2 is 1.81 bits per heavy atom. The maximum atomic E-state index is 12.5. The zero-order chi connectivity index (χ0) is 18.5. The first-order chi connectivity index (χ1) is 12.6. The van der Waals surface area contributed by atoms with E-state index in [4.69, 9.17) is 9.47 Å². The van der Waals surface area contributed by atoms with Crippen LogP contribution >= 0.6 is 0 Å². The van der Waals surface area contributed by atoms with Gasteiger partial charge in [0.1, 0.15) is 6.54 Å². The third-order valence-corrected chi connectivity index (χ3v) is 4.37. The fourth-order valence-electron chi connectivity index (χ4n) is 2.96. The summed E-state index contributed by atoms with van der Waals surface area (Å²) in [4.78, 5) is 25.6. The molecule has 1 amide bonds. The number of likely N-dealkylation sites (N-methyl/N-ethyl adjacent to an activating group) is 1. The molecule has 3 rings (SSSR count). The Morgan fingerprint density at radius 1 is 1.12 bits per heavy atom. The lowest BCUT2D eigenvalue weighted by Crippen LogP contribution is -3.11. The summed E-state index contributed by atoms with van der Waals surface area (Å²) in [5.74, 6) is 0.786. The van der Waals surface area contributed by atoms with Gasteiger partial charge < -0.3 is 19.7 Å². The second kappa shape index (κ2) is 8.01. The zero-order valence-corrected chi connectivity index (χ0v) is 15.0. The van der Waals surface area contributed by atoms with Gasteiger partial charge in [0, 0.05) is 17.2 Å². The van der Waals surface area contributed by atoms with E-state index < -0.39 is 0 Å². The van der Waals surface area contributed by atoms with Crippen molar-refractivity contribution in [3.8, 4) is 11.5 Å². The summed E-state index contributed by atoms with van der Waals surface area (Å²) in [5.41, 5.74) is 2.07. The van der Waals surface area contributed by atoms with Crippen LogP contribution in [-0.4, -0.2) is 31.6 Å². The van der Waals surface area contributed by atoms with Gasteiger partial charge in [0.2, 0.25) is 6.79 Å². The van der Waals surface area contributed by atoms with Crippen LogP contribution in [0.1, 0.15) is 29.8 Å². The Labute approximate surface area is 152 Å². The second-order valence-electron chi connectivity index (χ2n) is 6.30. The number of ether oxygens (including phenoxy) is 2. The maximum absolute atomic E-state index is 12.5. The van der Waals surface area contributed by atoms with Gasteiger partial charge in [0.05, 0.1) is 12.2 Å². The molecule has 0 fully saturated rings. The molecule has 1 atom stereocenters. The molecule has 0 saturated carbocycles. The van der Waals surface area contributed by atoms with Crippen LogP contribution in [0.3, 0.4) is 0 Å². The Bertz CT molecular complexity index is 805. The molecule has 1 heterocycles. The summed E-state index contributed by atoms with van der Waals surface area (Å²) < 4.78 is 10.7. The van der Waals surface area contributed by atoms with E-state index in [0.29, 0.717) is 29.3 Å². The van der Waals surface area contributed by atoms with Crippen LogP contribution in [-0.2, 0) is 11.3 Å². The minimum absolute atomic E-state index is 0.120. The quantitative estimate of drug-likeness (QED) is 0.741. The molecule has 0 radical (unpaired) electrons. The normalized spacial score (nSPS) is 13.3. The maximum Gasteiger partial charge on any atom is 0.279 e. The van der Waals surface area contributed by atoms with Crippen molar-refractivity contribution < 1.29 is 24.0 Å². The molecule has 1 aliphatic heterocycles. The van der Waals surface area contributed by atoms with Crippen LogP contribution in [0.5, 0.6) is 11.5 Å². The Balaban J connectivity index is 1.70. The van der Waals surface area contributed by atoms with Gasteiger partial charge >= 0.3 is 0 Å². The number of fused-ring (bicyclic) bond motifs is 1. The minimum Gasteiger partial charge on any atom is -0.454 e. The molecule has 0 bridgehead atoms. The molecule has 0 saturated heterocycles. The molecule has 0 aliphatic carbocycles. The molecule has 136 valence electrons. The summed E-state index contributed by atoms with van der Waals surface area (Å²) >= 11 is 0. The smallest absolute Gasteiger partial charge is 0.279 e. The average molecular weight is 355 g/mol. The molecule has 1 unspecified atom stereocenters. The first-order valence-electron chi connectivity index (χ1n) is 8.68. The summed E-state index contributed by atoms with van der Waals surface area (Å²) in [5, 5.41) is 2.86. The van der Waals surface area contributed by atoms with E-state index in [0.717, 1.165) is 18.0 Å². The highest BCUT2D eigenvalue weighted by molar-refractivity contribution is 6.04. The summed E-state index contributed by atoms with van der Waals surface area (Å²) in [6, 6.07) is 13.3. The molecule has 0 spiro atoms.